The van der Waals surface area contributed by atoms with Crippen molar-refractivity contribution in [1.82, 2.24) is 4.98 Å². The minimum absolute atomic E-state index is 0.00398. The number of nitrogens with zero attached hydrogens (tertiary/aromatic N) is 1. The Labute approximate surface area is 93.3 Å². The molecule has 1 aromatic carbocycles. The van der Waals surface area contributed by atoms with Crippen LogP contribution >= 0.6 is 22.6 Å². The van der Waals surface area contributed by atoms with Crippen LogP contribution in [0.5, 0.6) is 0 Å². The zero-order chi connectivity index (χ0) is 10.1. The van der Waals surface area contributed by atoms with Crippen molar-refractivity contribution in [2.45, 2.75) is 6.43 Å². The molecule has 0 amide bonds. The quantitative estimate of drug-likeness (QED) is 0.577. The molecule has 0 atom stereocenters. The smallest absolute Gasteiger partial charge is 0.241 e. The highest BCUT2D eigenvalue weighted by Gasteiger charge is 2.13. The van der Waals surface area contributed by atoms with Crippen LogP contribution in [0.15, 0.2) is 30.3 Å². The molecule has 0 saturated carbocycles. The van der Waals surface area contributed by atoms with E-state index in [0.717, 1.165) is 10.9 Å². The van der Waals surface area contributed by atoms with E-state index in [9.17, 15) is 8.78 Å². The zero-order valence-electron chi connectivity index (χ0n) is 7.05. The van der Waals surface area contributed by atoms with E-state index in [0.29, 0.717) is 3.70 Å². The summed E-state index contributed by atoms with van der Waals surface area (Å²) in [7, 11) is 0. The Bertz CT molecular complexity index is 471. The molecule has 0 aliphatic heterocycles. The van der Waals surface area contributed by atoms with Gasteiger partial charge in [0.1, 0.15) is 3.70 Å². The number of fused-ring (bicyclic) bond motifs is 1. The van der Waals surface area contributed by atoms with Crippen LogP contribution in [0.1, 0.15) is 12.0 Å². The van der Waals surface area contributed by atoms with Crippen molar-refractivity contribution in [3.8, 4) is 0 Å². The molecule has 2 aromatic rings. The van der Waals surface area contributed by atoms with Gasteiger partial charge >= 0.3 is 0 Å². The molecule has 1 nitrogen and oxygen atoms in total. The van der Waals surface area contributed by atoms with Crippen molar-refractivity contribution < 1.29 is 8.78 Å². The van der Waals surface area contributed by atoms with Gasteiger partial charge in [0.05, 0.1) is 11.1 Å². The predicted molar refractivity (Wildman–Crippen MR) is 59.4 cm³/mol. The van der Waals surface area contributed by atoms with Gasteiger partial charge in [-0.1, -0.05) is 18.2 Å². The lowest BCUT2D eigenvalue weighted by Gasteiger charge is -2.04. The number of hydrogen-bond acceptors (Lipinski definition) is 1. The van der Waals surface area contributed by atoms with E-state index >= 15 is 0 Å². The largest absolute Gasteiger partial charge is 0.266 e. The summed E-state index contributed by atoms with van der Waals surface area (Å²) in [5, 5.41) is 0.753. The number of hydrogen-bond donors (Lipinski definition) is 0. The predicted octanol–water partition coefficient (Wildman–Crippen LogP) is 3.78. The van der Waals surface area contributed by atoms with Crippen LogP contribution in [0.2, 0.25) is 0 Å². The third kappa shape index (κ3) is 1.70. The Balaban J connectivity index is 2.71. The highest BCUT2D eigenvalue weighted by Crippen LogP contribution is 2.26. The standard InChI is InChI=1S/C10H6F2IN/c11-9(12)7-5-6-3-1-2-4-8(6)14-10(7)13/h1-5,9H. The summed E-state index contributed by atoms with van der Waals surface area (Å²) < 4.78 is 25.4. The fraction of sp³-hybridized carbons (Fsp3) is 0.100. The summed E-state index contributed by atoms with van der Waals surface area (Å²) in [6, 6.07) is 8.74. The van der Waals surface area contributed by atoms with E-state index in [1.807, 2.05) is 40.8 Å². The molecule has 1 aromatic heterocycles. The third-order valence-corrected chi connectivity index (χ3v) is 2.80. The van der Waals surface area contributed by atoms with E-state index in [1.165, 1.54) is 6.07 Å². The van der Waals surface area contributed by atoms with Gasteiger partial charge < -0.3 is 0 Å². The van der Waals surface area contributed by atoms with Gasteiger partial charge in [-0.25, -0.2) is 13.8 Å². The number of alkyl halides is 2. The number of rotatable bonds is 1. The lowest BCUT2D eigenvalue weighted by molar-refractivity contribution is 0.150. The third-order valence-electron chi connectivity index (χ3n) is 1.94. The SMILES string of the molecule is FC(F)c1cc2ccccc2nc1I. The van der Waals surface area contributed by atoms with Crippen LogP contribution in [0.3, 0.4) is 0 Å². The van der Waals surface area contributed by atoms with Gasteiger partial charge in [-0.15, -0.1) is 0 Å². The van der Waals surface area contributed by atoms with Crippen LogP contribution in [0.4, 0.5) is 8.78 Å². The molecule has 0 N–H and O–H groups in total. The van der Waals surface area contributed by atoms with Gasteiger partial charge in [-0.2, -0.15) is 0 Å². The molecule has 0 aliphatic rings. The second-order valence-corrected chi connectivity index (χ2v) is 3.88. The fourth-order valence-electron chi connectivity index (χ4n) is 1.26. The molecule has 72 valence electrons. The van der Waals surface area contributed by atoms with Gasteiger partial charge in [0, 0.05) is 5.39 Å². The molecule has 0 bridgehead atoms. The molecule has 14 heavy (non-hydrogen) atoms. The van der Waals surface area contributed by atoms with Gasteiger partial charge in [0.15, 0.2) is 0 Å². The Morgan fingerprint density at radius 1 is 1.21 bits per heavy atom. The number of benzene rings is 1. The number of halogens is 3. The molecule has 0 aliphatic carbocycles. The molecule has 0 fully saturated rings. The van der Waals surface area contributed by atoms with Gasteiger partial charge in [-0.3, -0.25) is 0 Å². The molecule has 1 heterocycles. The summed E-state index contributed by atoms with van der Waals surface area (Å²) in [6.07, 6.45) is -2.46. The Morgan fingerprint density at radius 3 is 2.64 bits per heavy atom. The van der Waals surface area contributed by atoms with E-state index in [-0.39, 0.29) is 5.56 Å². The summed E-state index contributed by atoms with van der Waals surface area (Å²) in [6.45, 7) is 0. The lowest BCUT2D eigenvalue weighted by Crippen LogP contribution is -1.93. The van der Waals surface area contributed by atoms with Crippen molar-refractivity contribution in [2.75, 3.05) is 0 Å². The van der Waals surface area contributed by atoms with Gasteiger partial charge in [0.25, 0.3) is 6.43 Å². The monoisotopic (exact) mass is 305 g/mol. The normalized spacial score (nSPS) is 11.1. The first kappa shape index (κ1) is 9.76. The topological polar surface area (TPSA) is 12.9 Å². The minimum Gasteiger partial charge on any atom is -0.241 e. The minimum atomic E-state index is -2.46. The first-order chi connectivity index (χ1) is 6.68. The van der Waals surface area contributed by atoms with E-state index < -0.39 is 6.43 Å². The van der Waals surface area contributed by atoms with Crippen molar-refractivity contribution in [2.24, 2.45) is 0 Å². The number of para-hydroxylation sites is 1. The Hall–Kier alpha value is -0.780. The van der Waals surface area contributed by atoms with Crippen LogP contribution < -0.4 is 0 Å². The maximum atomic E-state index is 12.5. The van der Waals surface area contributed by atoms with E-state index in [1.54, 1.807) is 6.07 Å². The van der Waals surface area contributed by atoms with E-state index in [2.05, 4.69) is 4.98 Å². The fourth-order valence-corrected chi connectivity index (χ4v) is 1.91. The second-order valence-electron chi connectivity index (χ2n) is 2.86. The van der Waals surface area contributed by atoms with Crippen LogP contribution in [0.25, 0.3) is 10.9 Å². The van der Waals surface area contributed by atoms with Crippen molar-refractivity contribution >= 4 is 33.5 Å². The number of pyridine rings is 1. The second kappa shape index (κ2) is 3.76. The van der Waals surface area contributed by atoms with Crippen LogP contribution in [-0.2, 0) is 0 Å². The van der Waals surface area contributed by atoms with Gasteiger partial charge in [0.2, 0.25) is 0 Å². The van der Waals surface area contributed by atoms with Gasteiger partial charge in [-0.05, 0) is 34.7 Å². The molecule has 4 heteroatoms. The molecule has 0 unspecified atom stereocenters. The van der Waals surface area contributed by atoms with Crippen molar-refractivity contribution in [3.05, 3.63) is 39.6 Å². The average molecular weight is 305 g/mol. The van der Waals surface area contributed by atoms with E-state index in [4.69, 9.17) is 0 Å². The lowest BCUT2D eigenvalue weighted by atomic mass is 10.2. The summed E-state index contributed by atoms with van der Waals surface area (Å²) in [5.41, 5.74) is 0.755. The molecule has 0 saturated heterocycles. The summed E-state index contributed by atoms with van der Waals surface area (Å²) in [4.78, 5) is 4.10. The summed E-state index contributed by atoms with van der Waals surface area (Å²) >= 11 is 1.83. The van der Waals surface area contributed by atoms with Crippen LogP contribution in [0, 0.1) is 3.70 Å². The first-order valence-electron chi connectivity index (χ1n) is 4.02. The molecular weight excluding hydrogens is 299 g/mol. The maximum Gasteiger partial charge on any atom is 0.266 e. The highest BCUT2D eigenvalue weighted by atomic mass is 127. The highest BCUT2D eigenvalue weighted by molar-refractivity contribution is 14.1. The molecule has 0 radical (unpaired) electrons. The number of aromatic nitrogens is 1. The maximum absolute atomic E-state index is 12.5. The van der Waals surface area contributed by atoms with Crippen molar-refractivity contribution in [1.29, 1.82) is 0 Å². The van der Waals surface area contributed by atoms with Crippen LogP contribution in [-0.4, -0.2) is 4.98 Å². The zero-order valence-corrected chi connectivity index (χ0v) is 9.20. The molecular formula is C10H6F2IN. The molecule has 2 rings (SSSR count). The molecule has 0 spiro atoms. The summed E-state index contributed by atoms with van der Waals surface area (Å²) in [5.74, 6) is 0. The Morgan fingerprint density at radius 2 is 1.93 bits per heavy atom. The van der Waals surface area contributed by atoms with Crippen molar-refractivity contribution in [3.63, 3.8) is 0 Å². The Kier molecular flexibility index (Phi) is 2.62. The average Bonchev–Trinajstić information content (AvgIpc) is 2.16. The first-order valence-corrected chi connectivity index (χ1v) is 5.09.